The maximum absolute atomic E-state index is 4.49. The smallest absolute Gasteiger partial charge is 0.147 e. The minimum atomic E-state index is 0.449. The first kappa shape index (κ1) is 15.9. The summed E-state index contributed by atoms with van der Waals surface area (Å²) in [6.07, 6.45) is 3.66. The van der Waals surface area contributed by atoms with Crippen LogP contribution in [0, 0.1) is 0 Å². The third kappa shape index (κ3) is 4.79. The molecule has 21 heavy (non-hydrogen) atoms. The molecule has 1 aromatic carbocycles. The van der Waals surface area contributed by atoms with Crippen LogP contribution in [0.25, 0.3) is 0 Å². The lowest BCUT2D eigenvalue weighted by atomic mass is 10.2. The van der Waals surface area contributed by atoms with Gasteiger partial charge in [-0.1, -0.05) is 48.0 Å². The van der Waals surface area contributed by atoms with Crippen LogP contribution >= 0.6 is 15.9 Å². The fourth-order valence-electron chi connectivity index (χ4n) is 1.91. The van der Waals surface area contributed by atoms with Gasteiger partial charge < -0.3 is 10.2 Å². The zero-order valence-corrected chi connectivity index (χ0v) is 14.3. The first-order valence-electron chi connectivity index (χ1n) is 7.05. The number of benzene rings is 1. The molecule has 2 aromatic rings. The molecule has 4 nitrogen and oxygen atoms in total. The molecule has 2 rings (SSSR count). The van der Waals surface area contributed by atoms with Gasteiger partial charge in [0.05, 0.1) is 18.1 Å². The van der Waals surface area contributed by atoms with E-state index in [9.17, 15) is 0 Å². The molecular weight excluding hydrogens is 328 g/mol. The van der Waals surface area contributed by atoms with Crippen LogP contribution in [0.3, 0.4) is 0 Å². The predicted molar refractivity (Wildman–Crippen MR) is 90.3 cm³/mol. The summed E-state index contributed by atoms with van der Waals surface area (Å²) in [5.74, 6) is 0.874. The number of anilines is 1. The highest BCUT2D eigenvalue weighted by Crippen LogP contribution is 2.19. The van der Waals surface area contributed by atoms with Crippen LogP contribution in [0.15, 0.2) is 41.1 Å². The van der Waals surface area contributed by atoms with Crippen molar-refractivity contribution in [2.45, 2.75) is 33.0 Å². The van der Waals surface area contributed by atoms with Crippen LogP contribution in [0.2, 0.25) is 0 Å². The molecule has 112 valence electrons. The summed E-state index contributed by atoms with van der Waals surface area (Å²) in [6.45, 7) is 5.78. The number of aromatic nitrogens is 2. The summed E-state index contributed by atoms with van der Waals surface area (Å²) in [5.41, 5.74) is 2.19. The summed E-state index contributed by atoms with van der Waals surface area (Å²) in [5, 5.41) is 3.34. The third-order valence-corrected chi connectivity index (χ3v) is 3.91. The van der Waals surface area contributed by atoms with E-state index in [0.29, 0.717) is 6.04 Å². The Morgan fingerprint density at radius 3 is 2.57 bits per heavy atom. The van der Waals surface area contributed by atoms with Crippen LogP contribution < -0.4 is 10.2 Å². The molecule has 0 aliphatic heterocycles. The Kier molecular flexibility index (Phi) is 5.70. The van der Waals surface area contributed by atoms with Crippen molar-refractivity contribution in [2.24, 2.45) is 0 Å². The molecule has 0 bridgehead atoms. The molecule has 1 aromatic heterocycles. The van der Waals surface area contributed by atoms with Crippen LogP contribution in [0.4, 0.5) is 5.82 Å². The van der Waals surface area contributed by atoms with Crippen molar-refractivity contribution in [3.8, 4) is 0 Å². The van der Waals surface area contributed by atoms with E-state index in [1.807, 2.05) is 31.6 Å². The number of hydrogen-bond acceptors (Lipinski definition) is 4. The second kappa shape index (κ2) is 7.52. The summed E-state index contributed by atoms with van der Waals surface area (Å²) < 4.78 is 1.11. The van der Waals surface area contributed by atoms with E-state index in [1.54, 1.807) is 0 Å². The van der Waals surface area contributed by atoms with Crippen molar-refractivity contribution in [3.05, 3.63) is 52.4 Å². The van der Waals surface area contributed by atoms with Crippen LogP contribution in [-0.2, 0) is 13.1 Å². The van der Waals surface area contributed by atoms with Crippen LogP contribution in [0.5, 0.6) is 0 Å². The number of halogens is 1. The Labute approximate surface area is 134 Å². The average molecular weight is 349 g/mol. The van der Waals surface area contributed by atoms with Gasteiger partial charge in [0.15, 0.2) is 0 Å². The molecule has 0 amide bonds. The normalized spacial score (nSPS) is 10.9. The first-order chi connectivity index (χ1) is 10.1. The lowest BCUT2D eigenvalue weighted by molar-refractivity contribution is 0.580. The second-order valence-corrected chi connectivity index (χ2v) is 6.20. The number of nitrogens with zero attached hydrogens (tertiary/aromatic N) is 3. The van der Waals surface area contributed by atoms with Gasteiger partial charge in [0, 0.05) is 30.7 Å². The molecule has 1 heterocycles. The van der Waals surface area contributed by atoms with Gasteiger partial charge >= 0.3 is 0 Å². The standard InChI is InChI=1S/C16H21BrN4/c1-12(2)18-8-14-9-20-16(10-19-14)21(3)11-13-6-4-5-7-15(13)17/h4-7,9-10,12,18H,8,11H2,1-3H3. The third-order valence-electron chi connectivity index (χ3n) is 3.14. The molecule has 0 aliphatic carbocycles. The molecule has 5 heteroatoms. The summed E-state index contributed by atoms with van der Waals surface area (Å²) in [4.78, 5) is 11.0. The lowest BCUT2D eigenvalue weighted by Crippen LogP contribution is -2.23. The van der Waals surface area contributed by atoms with Gasteiger partial charge in [0.2, 0.25) is 0 Å². The Morgan fingerprint density at radius 2 is 1.95 bits per heavy atom. The summed E-state index contributed by atoms with van der Waals surface area (Å²) in [7, 11) is 2.02. The van der Waals surface area contributed by atoms with Crippen molar-refractivity contribution in [1.82, 2.24) is 15.3 Å². The molecule has 0 saturated heterocycles. The molecule has 0 unspecified atom stereocenters. The molecule has 0 fully saturated rings. The van der Waals surface area contributed by atoms with Gasteiger partial charge in [-0.05, 0) is 11.6 Å². The zero-order valence-electron chi connectivity index (χ0n) is 12.7. The quantitative estimate of drug-likeness (QED) is 0.868. The van der Waals surface area contributed by atoms with E-state index in [2.05, 4.69) is 62.1 Å². The number of rotatable bonds is 6. The molecule has 0 radical (unpaired) electrons. The van der Waals surface area contributed by atoms with Crippen molar-refractivity contribution in [2.75, 3.05) is 11.9 Å². The van der Waals surface area contributed by atoms with Crippen molar-refractivity contribution < 1.29 is 0 Å². The maximum atomic E-state index is 4.49. The summed E-state index contributed by atoms with van der Waals surface area (Å²) >= 11 is 3.57. The van der Waals surface area contributed by atoms with Gasteiger partial charge in [-0.2, -0.15) is 0 Å². The van der Waals surface area contributed by atoms with E-state index in [0.717, 1.165) is 29.1 Å². The minimum absolute atomic E-state index is 0.449. The topological polar surface area (TPSA) is 41.1 Å². The number of nitrogens with one attached hydrogen (secondary N) is 1. The van der Waals surface area contributed by atoms with Crippen molar-refractivity contribution in [1.29, 1.82) is 0 Å². The van der Waals surface area contributed by atoms with Gasteiger partial charge in [-0.25, -0.2) is 4.98 Å². The molecule has 0 atom stereocenters. The minimum Gasteiger partial charge on any atom is -0.354 e. The van der Waals surface area contributed by atoms with Gasteiger partial charge in [0.25, 0.3) is 0 Å². The monoisotopic (exact) mass is 348 g/mol. The van der Waals surface area contributed by atoms with Gasteiger partial charge in [-0.3, -0.25) is 4.98 Å². The zero-order chi connectivity index (χ0) is 15.2. The largest absolute Gasteiger partial charge is 0.354 e. The fraction of sp³-hybridized carbons (Fsp3) is 0.375. The predicted octanol–water partition coefficient (Wildman–Crippen LogP) is 3.37. The highest BCUT2D eigenvalue weighted by molar-refractivity contribution is 9.10. The van der Waals surface area contributed by atoms with Crippen molar-refractivity contribution in [3.63, 3.8) is 0 Å². The van der Waals surface area contributed by atoms with E-state index >= 15 is 0 Å². The Bertz CT molecular complexity index is 569. The van der Waals surface area contributed by atoms with Crippen LogP contribution in [0.1, 0.15) is 25.1 Å². The van der Waals surface area contributed by atoms with Gasteiger partial charge in [0.1, 0.15) is 5.82 Å². The Hall–Kier alpha value is -1.46. The molecule has 0 spiro atoms. The molecule has 1 N–H and O–H groups in total. The Balaban J connectivity index is 2.00. The molecule has 0 saturated carbocycles. The maximum Gasteiger partial charge on any atom is 0.147 e. The highest BCUT2D eigenvalue weighted by atomic mass is 79.9. The van der Waals surface area contributed by atoms with E-state index in [4.69, 9.17) is 0 Å². The Morgan fingerprint density at radius 1 is 1.19 bits per heavy atom. The van der Waals surface area contributed by atoms with E-state index in [-0.39, 0.29) is 0 Å². The SMILES string of the molecule is CC(C)NCc1cnc(N(C)Cc2ccccc2Br)cn1. The molecular formula is C16H21BrN4. The fourth-order valence-corrected chi connectivity index (χ4v) is 2.32. The van der Waals surface area contributed by atoms with Gasteiger partial charge in [-0.15, -0.1) is 0 Å². The highest BCUT2D eigenvalue weighted by Gasteiger charge is 2.07. The van der Waals surface area contributed by atoms with Crippen molar-refractivity contribution >= 4 is 21.7 Å². The number of hydrogen-bond donors (Lipinski definition) is 1. The average Bonchev–Trinajstić information content (AvgIpc) is 2.48. The van der Waals surface area contributed by atoms with E-state index < -0.39 is 0 Å². The van der Waals surface area contributed by atoms with E-state index in [1.165, 1.54) is 5.56 Å². The lowest BCUT2D eigenvalue weighted by Gasteiger charge is -2.19. The first-order valence-corrected chi connectivity index (χ1v) is 7.84. The second-order valence-electron chi connectivity index (χ2n) is 5.35. The van der Waals surface area contributed by atoms with Crippen LogP contribution in [-0.4, -0.2) is 23.1 Å². The summed E-state index contributed by atoms with van der Waals surface area (Å²) in [6, 6.07) is 8.67. The molecule has 0 aliphatic rings.